The van der Waals surface area contributed by atoms with Gasteiger partial charge in [0, 0.05) is 20.1 Å². The van der Waals surface area contributed by atoms with E-state index < -0.39 is 5.82 Å². The Kier molecular flexibility index (Phi) is 6.35. The summed E-state index contributed by atoms with van der Waals surface area (Å²) in [6.45, 7) is 7.89. The van der Waals surface area contributed by atoms with Gasteiger partial charge in [-0.05, 0) is 19.5 Å². The second-order valence-corrected chi connectivity index (χ2v) is 4.00. The lowest BCUT2D eigenvalue weighted by Gasteiger charge is -2.19. The topological polar surface area (TPSA) is 53.1 Å². The maximum absolute atomic E-state index is 13.4. The van der Waals surface area contributed by atoms with E-state index in [-0.39, 0.29) is 5.82 Å². The van der Waals surface area contributed by atoms with Crippen molar-refractivity contribution in [2.75, 3.05) is 43.9 Å². The molecule has 1 aromatic rings. The van der Waals surface area contributed by atoms with Crippen LogP contribution in [0.3, 0.4) is 0 Å². The zero-order chi connectivity index (χ0) is 13.4. The maximum Gasteiger partial charge on any atom is 0.224 e. The SMILES string of the molecule is CCCN(CC)CCNc1nc(NC)ncc1F. The summed E-state index contributed by atoms with van der Waals surface area (Å²) in [4.78, 5) is 10.1. The number of hydrogen-bond acceptors (Lipinski definition) is 5. The van der Waals surface area contributed by atoms with Gasteiger partial charge >= 0.3 is 0 Å². The third-order valence-electron chi connectivity index (χ3n) is 2.68. The van der Waals surface area contributed by atoms with Gasteiger partial charge in [-0.15, -0.1) is 0 Å². The number of anilines is 2. The average molecular weight is 255 g/mol. The summed E-state index contributed by atoms with van der Waals surface area (Å²) in [7, 11) is 1.71. The van der Waals surface area contributed by atoms with Crippen molar-refractivity contribution in [3.05, 3.63) is 12.0 Å². The smallest absolute Gasteiger partial charge is 0.224 e. The van der Waals surface area contributed by atoms with E-state index in [1.54, 1.807) is 7.05 Å². The summed E-state index contributed by atoms with van der Waals surface area (Å²) < 4.78 is 13.4. The van der Waals surface area contributed by atoms with E-state index in [1.807, 2.05) is 0 Å². The van der Waals surface area contributed by atoms with Crippen molar-refractivity contribution < 1.29 is 4.39 Å². The molecule has 1 rings (SSSR count). The Bertz CT molecular complexity index is 358. The van der Waals surface area contributed by atoms with E-state index in [9.17, 15) is 4.39 Å². The van der Waals surface area contributed by atoms with Gasteiger partial charge in [0.2, 0.25) is 5.95 Å². The molecule has 0 spiro atoms. The summed E-state index contributed by atoms with van der Waals surface area (Å²) in [6.07, 6.45) is 2.30. The number of nitrogens with zero attached hydrogens (tertiary/aromatic N) is 3. The molecule has 0 aliphatic rings. The van der Waals surface area contributed by atoms with Crippen LogP contribution in [-0.2, 0) is 0 Å². The first kappa shape index (κ1) is 14.6. The Morgan fingerprint density at radius 1 is 1.33 bits per heavy atom. The number of likely N-dealkylation sites (N-methyl/N-ethyl adjacent to an activating group) is 1. The predicted octanol–water partition coefficient (Wildman–Crippen LogP) is 1.80. The summed E-state index contributed by atoms with van der Waals surface area (Å²) >= 11 is 0. The van der Waals surface area contributed by atoms with Crippen LogP contribution >= 0.6 is 0 Å². The molecule has 0 atom stereocenters. The molecule has 1 heterocycles. The lowest BCUT2D eigenvalue weighted by Crippen LogP contribution is -2.30. The summed E-state index contributed by atoms with van der Waals surface area (Å²) in [5, 5.41) is 5.79. The molecule has 6 heteroatoms. The van der Waals surface area contributed by atoms with Gasteiger partial charge in [-0.2, -0.15) is 4.98 Å². The third kappa shape index (κ3) is 4.44. The van der Waals surface area contributed by atoms with Gasteiger partial charge < -0.3 is 15.5 Å². The van der Waals surface area contributed by atoms with Crippen LogP contribution in [-0.4, -0.2) is 48.1 Å². The molecule has 0 radical (unpaired) electrons. The second kappa shape index (κ2) is 7.81. The van der Waals surface area contributed by atoms with E-state index in [1.165, 1.54) is 6.20 Å². The highest BCUT2D eigenvalue weighted by Crippen LogP contribution is 2.10. The van der Waals surface area contributed by atoms with Crippen molar-refractivity contribution >= 4 is 11.8 Å². The predicted molar refractivity (Wildman–Crippen MR) is 72.4 cm³/mol. The van der Waals surface area contributed by atoms with Crippen molar-refractivity contribution in [1.29, 1.82) is 0 Å². The van der Waals surface area contributed by atoms with Crippen molar-refractivity contribution in [3.8, 4) is 0 Å². The van der Waals surface area contributed by atoms with Crippen molar-refractivity contribution in [1.82, 2.24) is 14.9 Å². The van der Waals surface area contributed by atoms with E-state index >= 15 is 0 Å². The van der Waals surface area contributed by atoms with Gasteiger partial charge in [0.1, 0.15) is 0 Å². The van der Waals surface area contributed by atoms with Gasteiger partial charge in [-0.1, -0.05) is 13.8 Å². The minimum absolute atomic E-state index is 0.252. The molecule has 2 N–H and O–H groups in total. The fourth-order valence-electron chi connectivity index (χ4n) is 1.69. The highest BCUT2D eigenvalue weighted by atomic mass is 19.1. The van der Waals surface area contributed by atoms with Crippen LogP contribution in [0, 0.1) is 5.82 Å². The number of halogens is 1. The largest absolute Gasteiger partial charge is 0.366 e. The third-order valence-corrected chi connectivity index (χ3v) is 2.68. The molecule has 102 valence electrons. The van der Waals surface area contributed by atoms with Crippen molar-refractivity contribution in [2.45, 2.75) is 20.3 Å². The first-order valence-corrected chi connectivity index (χ1v) is 6.37. The van der Waals surface area contributed by atoms with Gasteiger partial charge in [0.15, 0.2) is 11.6 Å². The zero-order valence-electron chi connectivity index (χ0n) is 11.3. The van der Waals surface area contributed by atoms with Crippen LogP contribution in [0.2, 0.25) is 0 Å². The molecular formula is C12H22FN5. The van der Waals surface area contributed by atoms with E-state index in [2.05, 4.69) is 39.3 Å². The molecule has 0 unspecified atom stereocenters. The van der Waals surface area contributed by atoms with E-state index in [0.29, 0.717) is 12.5 Å². The van der Waals surface area contributed by atoms with Gasteiger partial charge in [0.05, 0.1) is 6.20 Å². The minimum Gasteiger partial charge on any atom is -0.366 e. The molecule has 0 amide bonds. The van der Waals surface area contributed by atoms with Crippen LogP contribution in [0.25, 0.3) is 0 Å². The van der Waals surface area contributed by atoms with Crippen LogP contribution in [0.15, 0.2) is 6.20 Å². The lowest BCUT2D eigenvalue weighted by atomic mass is 10.4. The first-order valence-electron chi connectivity index (χ1n) is 6.37. The van der Waals surface area contributed by atoms with Crippen molar-refractivity contribution in [3.63, 3.8) is 0 Å². The molecule has 0 saturated carbocycles. The standard InChI is InChI=1S/C12H22FN5/c1-4-7-18(5-2)8-6-15-11-10(13)9-16-12(14-3)17-11/h9H,4-8H2,1-3H3,(H2,14,15,16,17). The number of aromatic nitrogens is 2. The molecule has 0 saturated heterocycles. The highest BCUT2D eigenvalue weighted by Gasteiger charge is 2.06. The fourth-order valence-corrected chi connectivity index (χ4v) is 1.69. The minimum atomic E-state index is -0.424. The van der Waals surface area contributed by atoms with Gasteiger partial charge in [-0.3, -0.25) is 0 Å². The second-order valence-electron chi connectivity index (χ2n) is 4.00. The quantitative estimate of drug-likeness (QED) is 0.742. The van der Waals surface area contributed by atoms with E-state index in [4.69, 9.17) is 0 Å². The van der Waals surface area contributed by atoms with Crippen LogP contribution < -0.4 is 10.6 Å². The number of nitrogens with one attached hydrogen (secondary N) is 2. The van der Waals surface area contributed by atoms with Crippen LogP contribution in [0.5, 0.6) is 0 Å². The molecule has 0 aromatic carbocycles. The fraction of sp³-hybridized carbons (Fsp3) is 0.667. The monoisotopic (exact) mass is 255 g/mol. The molecule has 5 nitrogen and oxygen atoms in total. The van der Waals surface area contributed by atoms with Crippen molar-refractivity contribution in [2.24, 2.45) is 0 Å². The molecule has 0 bridgehead atoms. The van der Waals surface area contributed by atoms with E-state index in [0.717, 1.165) is 26.1 Å². The molecule has 0 aliphatic heterocycles. The lowest BCUT2D eigenvalue weighted by molar-refractivity contribution is 0.300. The molecule has 18 heavy (non-hydrogen) atoms. The molecule has 0 aliphatic carbocycles. The summed E-state index contributed by atoms with van der Waals surface area (Å²) in [5.41, 5.74) is 0. The Labute approximate surface area is 108 Å². The van der Waals surface area contributed by atoms with Crippen LogP contribution in [0.4, 0.5) is 16.2 Å². The van der Waals surface area contributed by atoms with Gasteiger partial charge in [0.25, 0.3) is 0 Å². The number of hydrogen-bond donors (Lipinski definition) is 2. The first-order chi connectivity index (χ1) is 8.71. The Hall–Kier alpha value is -1.43. The summed E-state index contributed by atoms with van der Waals surface area (Å²) in [6, 6.07) is 0. The number of rotatable bonds is 8. The normalized spacial score (nSPS) is 10.7. The molecular weight excluding hydrogens is 233 g/mol. The average Bonchev–Trinajstić information content (AvgIpc) is 2.39. The highest BCUT2D eigenvalue weighted by molar-refractivity contribution is 5.40. The Morgan fingerprint density at radius 2 is 2.11 bits per heavy atom. The Balaban J connectivity index is 2.47. The zero-order valence-corrected chi connectivity index (χ0v) is 11.3. The van der Waals surface area contributed by atoms with Gasteiger partial charge in [-0.25, -0.2) is 9.37 Å². The summed E-state index contributed by atoms with van der Waals surface area (Å²) in [5.74, 6) is 0.245. The molecule has 0 fully saturated rings. The molecule has 1 aromatic heterocycles. The van der Waals surface area contributed by atoms with Crippen LogP contribution in [0.1, 0.15) is 20.3 Å². The maximum atomic E-state index is 13.4. The Morgan fingerprint density at radius 3 is 2.72 bits per heavy atom.